The number of hydrogen-bond donors (Lipinski definition) is 1. The van der Waals surface area contributed by atoms with Gasteiger partial charge < -0.3 is 10.1 Å². The van der Waals surface area contributed by atoms with Crippen LogP contribution in [0.25, 0.3) is 10.8 Å². The molecule has 2 rings (SSSR count). The second-order valence-corrected chi connectivity index (χ2v) is 3.95. The summed E-state index contributed by atoms with van der Waals surface area (Å²) < 4.78 is 5.69. The normalized spacial score (nSPS) is 10.6. The molecule has 0 atom stereocenters. The summed E-state index contributed by atoms with van der Waals surface area (Å²) in [5.41, 5.74) is 0. The molecule has 0 bridgehead atoms. The molecule has 0 unspecified atom stereocenters. The molecule has 0 fully saturated rings. The van der Waals surface area contributed by atoms with Gasteiger partial charge in [0.05, 0.1) is 0 Å². The second-order valence-electron chi connectivity index (χ2n) is 3.54. The number of rotatable bonds is 4. The predicted octanol–water partition coefficient (Wildman–Crippen LogP) is 3.09. The van der Waals surface area contributed by atoms with E-state index < -0.39 is 0 Å². The Labute approximate surface area is 100 Å². The molecule has 0 aliphatic heterocycles. The number of hydrogen-bond acceptors (Lipinski definition) is 2. The van der Waals surface area contributed by atoms with Crippen LogP contribution in [0.15, 0.2) is 36.4 Å². The zero-order chi connectivity index (χ0) is 11.4. The minimum atomic E-state index is 0.655. The first-order valence-electron chi connectivity index (χ1n) is 5.27. The molecule has 0 heterocycles. The maximum absolute atomic E-state index is 6.12. The monoisotopic (exact) mass is 235 g/mol. The highest BCUT2D eigenvalue weighted by molar-refractivity contribution is 6.35. The zero-order valence-electron chi connectivity index (χ0n) is 9.16. The van der Waals surface area contributed by atoms with Crippen molar-refractivity contribution in [1.29, 1.82) is 0 Å². The van der Waals surface area contributed by atoms with Crippen molar-refractivity contribution in [3.05, 3.63) is 41.4 Å². The van der Waals surface area contributed by atoms with Crippen molar-refractivity contribution in [1.82, 2.24) is 5.32 Å². The molecule has 0 saturated carbocycles. The molecule has 0 radical (unpaired) electrons. The summed E-state index contributed by atoms with van der Waals surface area (Å²) in [5.74, 6) is 0.884. The van der Waals surface area contributed by atoms with E-state index in [1.54, 1.807) is 0 Å². The maximum Gasteiger partial charge on any atom is 0.127 e. The van der Waals surface area contributed by atoms with Gasteiger partial charge in [0.1, 0.15) is 12.4 Å². The van der Waals surface area contributed by atoms with Crippen LogP contribution >= 0.6 is 11.6 Å². The summed E-state index contributed by atoms with van der Waals surface area (Å²) in [6.07, 6.45) is 0. The molecular formula is C13H14ClNO. The fourth-order valence-electron chi connectivity index (χ4n) is 1.62. The third-order valence-electron chi connectivity index (χ3n) is 2.44. The van der Waals surface area contributed by atoms with E-state index in [1.807, 2.05) is 43.4 Å². The van der Waals surface area contributed by atoms with Crippen LogP contribution in [0, 0.1) is 0 Å². The average Bonchev–Trinajstić information content (AvgIpc) is 2.33. The first kappa shape index (κ1) is 11.2. The number of halogens is 1. The Hall–Kier alpha value is -1.25. The quantitative estimate of drug-likeness (QED) is 0.823. The van der Waals surface area contributed by atoms with Crippen molar-refractivity contribution < 1.29 is 4.74 Å². The van der Waals surface area contributed by atoms with E-state index in [2.05, 4.69) is 5.32 Å². The van der Waals surface area contributed by atoms with Crippen molar-refractivity contribution in [3.63, 3.8) is 0 Å². The molecule has 0 aliphatic rings. The average molecular weight is 236 g/mol. The van der Waals surface area contributed by atoms with E-state index in [4.69, 9.17) is 16.3 Å². The summed E-state index contributed by atoms with van der Waals surface area (Å²) in [6.45, 7) is 1.49. The van der Waals surface area contributed by atoms with Gasteiger partial charge >= 0.3 is 0 Å². The Kier molecular flexibility index (Phi) is 3.65. The van der Waals surface area contributed by atoms with Gasteiger partial charge in [-0.05, 0) is 19.2 Å². The fraction of sp³-hybridized carbons (Fsp3) is 0.231. The number of likely N-dealkylation sites (N-methyl/N-ethyl adjacent to an activating group) is 1. The molecular weight excluding hydrogens is 222 g/mol. The van der Waals surface area contributed by atoms with Crippen LogP contribution in [0.5, 0.6) is 5.75 Å². The fourth-order valence-corrected chi connectivity index (χ4v) is 1.85. The summed E-state index contributed by atoms with van der Waals surface area (Å²) in [5, 5.41) is 5.90. The van der Waals surface area contributed by atoms with E-state index in [0.29, 0.717) is 6.61 Å². The molecule has 2 aromatic rings. The minimum Gasteiger partial charge on any atom is -0.492 e. The van der Waals surface area contributed by atoms with Crippen molar-refractivity contribution in [2.24, 2.45) is 0 Å². The highest BCUT2D eigenvalue weighted by Crippen LogP contribution is 2.30. The van der Waals surface area contributed by atoms with Gasteiger partial charge in [0.25, 0.3) is 0 Å². The molecule has 2 aromatic carbocycles. The molecule has 0 saturated heterocycles. The van der Waals surface area contributed by atoms with Crippen LogP contribution in [-0.4, -0.2) is 20.2 Å². The smallest absolute Gasteiger partial charge is 0.127 e. The summed E-state index contributed by atoms with van der Waals surface area (Å²) in [4.78, 5) is 0. The Bertz CT molecular complexity index is 484. The number of nitrogens with one attached hydrogen (secondary N) is 1. The zero-order valence-corrected chi connectivity index (χ0v) is 9.92. The summed E-state index contributed by atoms with van der Waals surface area (Å²) in [7, 11) is 1.91. The molecule has 0 spiro atoms. The van der Waals surface area contributed by atoms with Gasteiger partial charge in [-0.3, -0.25) is 0 Å². The van der Waals surface area contributed by atoms with Crippen LogP contribution in [0.3, 0.4) is 0 Å². The lowest BCUT2D eigenvalue weighted by molar-refractivity contribution is 0.322. The second kappa shape index (κ2) is 5.19. The molecule has 2 nitrogen and oxygen atoms in total. The maximum atomic E-state index is 6.12. The van der Waals surface area contributed by atoms with Crippen molar-refractivity contribution in [2.75, 3.05) is 20.2 Å². The lowest BCUT2D eigenvalue weighted by Gasteiger charge is -2.09. The molecule has 1 N–H and O–H groups in total. The molecule has 0 aromatic heterocycles. The van der Waals surface area contributed by atoms with Gasteiger partial charge in [0.15, 0.2) is 0 Å². The first-order chi connectivity index (χ1) is 7.83. The molecule has 3 heteroatoms. The minimum absolute atomic E-state index is 0.655. The van der Waals surface area contributed by atoms with Crippen molar-refractivity contribution in [3.8, 4) is 5.75 Å². The largest absolute Gasteiger partial charge is 0.492 e. The van der Waals surface area contributed by atoms with E-state index >= 15 is 0 Å². The number of fused-ring (bicyclic) bond motifs is 1. The van der Waals surface area contributed by atoms with Gasteiger partial charge in [-0.25, -0.2) is 0 Å². The summed E-state index contributed by atoms with van der Waals surface area (Å²) >= 11 is 6.12. The van der Waals surface area contributed by atoms with E-state index in [-0.39, 0.29) is 0 Å². The van der Waals surface area contributed by atoms with Gasteiger partial charge in [-0.2, -0.15) is 0 Å². The highest BCUT2D eigenvalue weighted by Gasteiger charge is 2.04. The Morgan fingerprint density at radius 3 is 2.62 bits per heavy atom. The lowest BCUT2D eigenvalue weighted by Crippen LogP contribution is -2.16. The Morgan fingerprint density at radius 2 is 1.88 bits per heavy atom. The van der Waals surface area contributed by atoms with Crippen LogP contribution in [-0.2, 0) is 0 Å². The summed E-state index contributed by atoms with van der Waals surface area (Å²) in [6, 6.07) is 11.8. The molecule has 0 amide bonds. The van der Waals surface area contributed by atoms with Crippen LogP contribution < -0.4 is 10.1 Å². The van der Waals surface area contributed by atoms with Gasteiger partial charge in [-0.1, -0.05) is 35.9 Å². The SMILES string of the molecule is CNCCOc1ccc(Cl)c2ccccc12. The molecule has 0 aliphatic carbocycles. The van der Waals surface area contributed by atoms with Crippen molar-refractivity contribution >= 4 is 22.4 Å². The lowest BCUT2D eigenvalue weighted by atomic mass is 10.1. The third kappa shape index (κ3) is 2.29. The highest BCUT2D eigenvalue weighted by atomic mass is 35.5. The third-order valence-corrected chi connectivity index (χ3v) is 2.77. The van der Waals surface area contributed by atoms with E-state index in [9.17, 15) is 0 Å². The van der Waals surface area contributed by atoms with Crippen LogP contribution in [0.1, 0.15) is 0 Å². The predicted molar refractivity (Wildman–Crippen MR) is 68.4 cm³/mol. The van der Waals surface area contributed by atoms with Crippen molar-refractivity contribution in [2.45, 2.75) is 0 Å². The molecule has 16 heavy (non-hydrogen) atoms. The standard InChI is InChI=1S/C13H14ClNO/c1-15-8-9-16-13-7-6-12(14)10-4-2-3-5-11(10)13/h2-7,15H,8-9H2,1H3. The van der Waals surface area contributed by atoms with Gasteiger partial charge in [0, 0.05) is 22.3 Å². The van der Waals surface area contributed by atoms with Gasteiger partial charge in [0.2, 0.25) is 0 Å². The molecule has 84 valence electrons. The van der Waals surface area contributed by atoms with Crippen LogP contribution in [0.4, 0.5) is 0 Å². The Balaban J connectivity index is 2.35. The Morgan fingerprint density at radius 1 is 1.12 bits per heavy atom. The first-order valence-corrected chi connectivity index (χ1v) is 5.65. The number of benzene rings is 2. The van der Waals surface area contributed by atoms with Crippen LogP contribution in [0.2, 0.25) is 5.02 Å². The van der Waals surface area contributed by atoms with E-state index in [1.165, 1.54) is 0 Å². The number of ether oxygens (including phenoxy) is 1. The topological polar surface area (TPSA) is 21.3 Å². The van der Waals surface area contributed by atoms with Gasteiger partial charge in [-0.15, -0.1) is 0 Å². The van der Waals surface area contributed by atoms with E-state index in [0.717, 1.165) is 28.1 Å².